The number of nitrogens with zero attached hydrogens (tertiary/aromatic N) is 3. The van der Waals surface area contributed by atoms with Crippen LogP contribution in [0.1, 0.15) is 47.2 Å². The van der Waals surface area contributed by atoms with Crippen LogP contribution in [-0.2, 0) is 13.1 Å². The zero-order valence-electron chi connectivity index (χ0n) is 17.5. The van der Waals surface area contributed by atoms with Crippen molar-refractivity contribution in [3.63, 3.8) is 0 Å². The van der Waals surface area contributed by atoms with Gasteiger partial charge in [-0.15, -0.1) is 0 Å². The minimum atomic E-state index is 0.264. The second kappa shape index (κ2) is 9.56. The number of aromatic nitrogens is 2. The summed E-state index contributed by atoms with van der Waals surface area (Å²) in [6.45, 7) is 8.58. The first-order valence-corrected chi connectivity index (χ1v) is 11.2. The Morgan fingerprint density at radius 3 is 2.47 bits per heavy atom. The van der Waals surface area contributed by atoms with E-state index in [9.17, 15) is 0 Å². The summed E-state index contributed by atoms with van der Waals surface area (Å²) in [7, 11) is 0. The van der Waals surface area contributed by atoms with Gasteiger partial charge in [-0.3, -0.25) is 9.58 Å². The van der Waals surface area contributed by atoms with Crippen molar-refractivity contribution < 1.29 is 4.42 Å². The van der Waals surface area contributed by atoms with Crippen LogP contribution in [0.25, 0.3) is 0 Å². The molecule has 2 aromatic heterocycles. The van der Waals surface area contributed by atoms with E-state index in [0.29, 0.717) is 16.6 Å². The largest absolute Gasteiger partial charge is 0.468 e. The third-order valence-corrected chi connectivity index (χ3v) is 6.70. The minimum Gasteiger partial charge on any atom is -0.468 e. The normalized spacial score (nSPS) is 15.7. The van der Waals surface area contributed by atoms with Crippen LogP contribution < -0.4 is 5.32 Å². The van der Waals surface area contributed by atoms with Gasteiger partial charge >= 0.3 is 0 Å². The molecule has 1 aliphatic heterocycles. The summed E-state index contributed by atoms with van der Waals surface area (Å²) in [6.07, 6.45) is 4.27. The minimum absolute atomic E-state index is 0.264. The number of hydrogen-bond donors (Lipinski definition) is 1. The second-order valence-corrected chi connectivity index (χ2v) is 8.73. The molecule has 0 amide bonds. The van der Waals surface area contributed by atoms with Crippen molar-refractivity contribution in [3.8, 4) is 0 Å². The zero-order valence-corrected chi connectivity index (χ0v) is 19.0. The maximum Gasteiger partial charge on any atom is 0.122 e. The zero-order chi connectivity index (χ0) is 21.1. The van der Waals surface area contributed by atoms with E-state index in [1.807, 2.05) is 28.9 Å². The van der Waals surface area contributed by atoms with Crippen LogP contribution >= 0.6 is 23.2 Å². The van der Waals surface area contributed by atoms with Crippen molar-refractivity contribution in [2.75, 3.05) is 19.6 Å². The molecule has 4 rings (SSSR count). The third-order valence-electron chi connectivity index (χ3n) is 5.99. The highest BCUT2D eigenvalue weighted by Gasteiger charge is 2.25. The number of likely N-dealkylation sites (tertiary alicyclic amines) is 1. The summed E-state index contributed by atoms with van der Waals surface area (Å²) in [4.78, 5) is 2.51. The van der Waals surface area contributed by atoms with Crippen molar-refractivity contribution in [2.24, 2.45) is 0 Å². The van der Waals surface area contributed by atoms with Crippen LogP contribution in [0.4, 0.5) is 0 Å². The van der Waals surface area contributed by atoms with Crippen molar-refractivity contribution in [2.45, 2.75) is 45.8 Å². The topological polar surface area (TPSA) is 46.2 Å². The maximum atomic E-state index is 6.36. The van der Waals surface area contributed by atoms with Crippen LogP contribution in [0.15, 0.2) is 41.0 Å². The lowest BCUT2D eigenvalue weighted by molar-refractivity contribution is 0.209. The van der Waals surface area contributed by atoms with Crippen LogP contribution in [0.5, 0.6) is 0 Å². The van der Waals surface area contributed by atoms with Crippen molar-refractivity contribution >= 4 is 23.2 Å². The molecule has 1 N–H and O–H groups in total. The van der Waals surface area contributed by atoms with E-state index in [2.05, 4.69) is 30.1 Å². The second-order valence-electron chi connectivity index (χ2n) is 7.91. The van der Waals surface area contributed by atoms with E-state index in [-0.39, 0.29) is 6.04 Å². The number of benzene rings is 1. The molecule has 3 aromatic rings. The molecule has 3 heterocycles. The van der Waals surface area contributed by atoms with Gasteiger partial charge in [0.15, 0.2) is 0 Å². The number of halogens is 2. The van der Waals surface area contributed by atoms with Gasteiger partial charge in [0.2, 0.25) is 0 Å². The molecular weight excluding hydrogens is 419 g/mol. The molecule has 1 aromatic carbocycles. The van der Waals surface area contributed by atoms with E-state index in [1.54, 1.807) is 6.26 Å². The van der Waals surface area contributed by atoms with Crippen LogP contribution in [0.2, 0.25) is 10.0 Å². The molecule has 1 saturated heterocycles. The summed E-state index contributed by atoms with van der Waals surface area (Å²) < 4.78 is 7.72. The number of rotatable bonds is 8. The Balaban J connectivity index is 1.45. The quantitative estimate of drug-likeness (QED) is 0.504. The highest BCUT2D eigenvalue weighted by Crippen LogP contribution is 2.27. The van der Waals surface area contributed by atoms with E-state index in [4.69, 9.17) is 32.7 Å². The lowest BCUT2D eigenvalue weighted by Crippen LogP contribution is -2.33. The fourth-order valence-electron chi connectivity index (χ4n) is 4.25. The molecule has 5 nitrogen and oxygen atoms in total. The van der Waals surface area contributed by atoms with E-state index in [1.165, 1.54) is 18.4 Å². The van der Waals surface area contributed by atoms with Gasteiger partial charge in [-0.1, -0.05) is 29.3 Å². The molecule has 0 aliphatic carbocycles. The Labute approximate surface area is 188 Å². The monoisotopic (exact) mass is 446 g/mol. The molecule has 0 unspecified atom stereocenters. The predicted molar refractivity (Wildman–Crippen MR) is 121 cm³/mol. The Bertz CT molecular complexity index is 957. The van der Waals surface area contributed by atoms with Gasteiger partial charge in [-0.2, -0.15) is 5.10 Å². The fourth-order valence-corrected chi connectivity index (χ4v) is 4.77. The first kappa shape index (κ1) is 21.4. The van der Waals surface area contributed by atoms with Gasteiger partial charge in [0, 0.05) is 40.0 Å². The number of nitrogens with one attached hydrogen (secondary N) is 1. The lowest BCUT2D eigenvalue weighted by atomic mass is 10.1. The van der Waals surface area contributed by atoms with Crippen molar-refractivity contribution in [1.82, 2.24) is 20.0 Å². The molecule has 7 heteroatoms. The molecular formula is C23H28Cl2N4O. The van der Waals surface area contributed by atoms with Crippen LogP contribution in [0.3, 0.4) is 0 Å². The molecule has 30 heavy (non-hydrogen) atoms. The van der Waals surface area contributed by atoms with Crippen LogP contribution in [0, 0.1) is 13.8 Å². The Kier molecular flexibility index (Phi) is 6.84. The maximum absolute atomic E-state index is 6.36. The molecule has 1 atom stereocenters. The van der Waals surface area contributed by atoms with Gasteiger partial charge < -0.3 is 9.73 Å². The Morgan fingerprint density at radius 1 is 1.07 bits per heavy atom. The first-order chi connectivity index (χ1) is 14.5. The summed E-state index contributed by atoms with van der Waals surface area (Å²) in [6, 6.07) is 9.90. The van der Waals surface area contributed by atoms with Gasteiger partial charge in [0.1, 0.15) is 5.76 Å². The van der Waals surface area contributed by atoms with Crippen LogP contribution in [-0.4, -0.2) is 34.3 Å². The molecule has 0 saturated carbocycles. The Hall–Kier alpha value is -1.79. The smallest absolute Gasteiger partial charge is 0.122 e. The van der Waals surface area contributed by atoms with Gasteiger partial charge in [0.25, 0.3) is 0 Å². The van der Waals surface area contributed by atoms with Gasteiger partial charge in [-0.05, 0) is 64.0 Å². The van der Waals surface area contributed by atoms with E-state index < -0.39 is 0 Å². The SMILES string of the molecule is Cc1nn(Cc2c(Cl)cccc2Cl)c(C)c1CNC[C@@H](c1ccco1)N1CCCC1. The van der Waals surface area contributed by atoms with E-state index >= 15 is 0 Å². The average Bonchev–Trinajstić information content (AvgIpc) is 3.47. The summed E-state index contributed by atoms with van der Waals surface area (Å²) in [5.41, 5.74) is 4.28. The fraction of sp³-hybridized carbons (Fsp3) is 0.435. The molecule has 1 fully saturated rings. The van der Waals surface area contributed by atoms with Gasteiger partial charge in [-0.25, -0.2) is 0 Å². The number of hydrogen-bond acceptors (Lipinski definition) is 4. The average molecular weight is 447 g/mol. The van der Waals surface area contributed by atoms with Crippen molar-refractivity contribution in [3.05, 3.63) is 74.9 Å². The van der Waals surface area contributed by atoms with Crippen molar-refractivity contribution in [1.29, 1.82) is 0 Å². The first-order valence-electron chi connectivity index (χ1n) is 10.5. The lowest BCUT2D eigenvalue weighted by Gasteiger charge is -2.26. The summed E-state index contributed by atoms with van der Waals surface area (Å²) in [5, 5.41) is 9.72. The molecule has 0 bridgehead atoms. The number of aryl methyl sites for hydroxylation is 1. The Morgan fingerprint density at radius 2 is 1.80 bits per heavy atom. The highest BCUT2D eigenvalue weighted by atomic mass is 35.5. The molecule has 1 aliphatic rings. The summed E-state index contributed by atoms with van der Waals surface area (Å²) >= 11 is 12.7. The summed E-state index contributed by atoms with van der Waals surface area (Å²) in [5.74, 6) is 1.03. The molecule has 160 valence electrons. The third kappa shape index (κ3) is 4.59. The molecule has 0 spiro atoms. The van der Waals surface area contributed by atoms with Gasteiger partial charge in [0.05, 0.1) is 24.5 Å². The van der Waals surface area contributed by atoms with E-state index in [0.717, 1.165) is 48.9 Å². The highest BCUT2D eigenvalue weighted by molar-refractivity contribution is 6.35. The standard InChI is InChI=1S/C23H28Cl2N4O/c1-16-18(17(2)29(27-16)15-19-20(24)7-5-8-21(19)25)13-26-14-22(23-9-6-12-30-23)28-10-3-4-11-28/h5-9,12,22,26H,3-4,10-11,13-15H2,1-2H3/t22-/m0/s1. The molecule has 0 radical (unpaired) electrons. The predicted octanol–water partition coefficient (Wildman–Crippen LogP) is 5.37. The number of furan rings is 1.